The molecule has 0 amide bonds. The zero-order valence-electron chi connectivity index (χ0n) is 12.6. The van der Waals surface area contributed by atoms with Gasteiger partial charge in [-0.1, -0.05) is 23.5 Å². The first-order valence-corrected chi connectivity index (χ1v) is 9.65. The fraction of sp³-hybridized carbons (Fsp3) is 0.733. The summed E-state index contributed by atoms with van der Waals surface area (Å²) in [5.41, 5.74) is 1.54. The fourth-order valence-electron chi connectivity index (χ4n) is 3.45. The van der Waals surface area contributed by atoms with Crippen LogP contribution in [0.1, 0.15) is 39.5 Å². The van der Waals surface area contributed by atoms with Crippen molar-refractivity contribution in [1.29, 1.82) is 0 Å². The van der Waals surface area contributed by atoms with E-state index in [1.807, 2.05) is 23.5 Å². The second-order valence-corrected chi connectivity index (χ2v) is 8.70. The molecule has 0 saturated heterocycles. The maximum Gasteiger partial charge on any atom is 0.168 e. The van der Waals surface area contributed by atoms with Crippen LogP contribution in [0.5, 0.6) is 0 Å². The van der Waals surface area contributed by atoms with Gasteiger partial charge in [0.05, 0.1) is 18.1 Å². The molecule has 3 heterocycles. The Kier molecular flexibility index (Phi) is 3.49. The number of thioether (sulfide) groups is 2. The molecule has 0 unspecified atom stereocenters. The van der Waals surface area contributed by atoms with Gasteiger partial charge in [0.1, 0.15) is 0 Å². The van der Waals surface area contributed by atoms with Crippen molar-refractivity contribution in [3.8, 4) is 0 Å². The molecule has 1 saturated carbocycles. The molecule has 1 fully saturated rings. The van der Waals surface area contributed by atoms with Crippen molar-refractivity contribution in [3.63, 3.8) is 0 Å². The number of aliphatic imine (C=N–C) groups is 2. The first-order chi connectivity index (χ1) is 10.1. The Morgan fingerprint density at radius 1 is 1.48 bits per heavy atom. The minimum Gasteiger partial charge on any atom is -0.358 e. The van der Waals surface area contributed by atoms with E-state index in [0.29, 0.717) is 12.1 Å². The highest BCUT2D eigenvalue weighted by molar-refractivity contribution is 8.17. The quantitative estimate of drug-likeness (QED) is 0.848. The number of amidine groups is 2. The minimum atomic E-state index is 0.121. The number of hydrogen-bond acceptors (Lipinski definition) is 6. The van der Waals surface area contributed by atoms with E-state index in [1.54, 1.807) is 0 Å². The minimum absolute atomic E-state index is 0.121. The Balaban J connectivity index is 1.42. The average molecular weight is 323 g/mol. The van der Waals surface area contributed by atoms with E-state index in [-0.39, 0.29) is 5.54 Å². The molecule has 0 spiro atoms. The van der Waals surface area contributed by atoms with Crippen molar-refractivity contribution in [2.45, 2.75) is 57.2 Å². The number of nitrogens with one attached hydrogen (secondary N) is 1. The summed E-state index contributed by atoms with van der Waals surface area (Å²) in [6, 6.07) is 1.28. The van der Waals surface area contributed by atoms with E-state index in [1.165, 1.54) is 36.5 Å². The fourth-order valence-corrected chi connectivity index (χ4v) is 5.60. The van der Waals surface area contributed by atoms with Crippen molar-refractivity contribution in [2.24, 2.45) is 9.98 Å². The van der Waals surface area contributed by atoms with Crippen molar-refractivity contribution >= 4 is 33.9 Å². The number of rotatable bonds is 2. The van der Waals surface area contributed by atoms with Crippen LogP contribution in [0.2, 0.25) is 0 Å². The molecule has 4 aliphatic rings. The highest BCUT2D eigenvalue weighted by atomic mass is 32.2. The van der Waals surface area contributed by atoms with Crippen molar-refractivity contribution in [1.82, 2.24) is 10.2 Å². The molecule has 0 aromatic carbocycles. The Hall–Kier alpha value is -0.620. The van der Waals surface area contributed by atoms with Gasteiger partial charge >= 0.3 is 0 Å². The zero-order valence-corrected chi connectivity index (χ0v) is 14.3. The van der Waals surface area contributed by atoms with Crippen molar-refractivity contribution in [2.75, 3.05) is 12.3 Å². The Morgan fingerprint density at radius 3 is 3.19 bits per heavy atom. The summed E-state index contributed by atoms with van der Waals surface area (Å²) in [6.07, 6.45) is 5.19. The molecule has 1 N–H and O–H groups in total. The first kappa shape index (κ1) is 14.0. The Labute approximate surface area is 134 Å². The molecule has 21 heavy (non-hydrogen) atoms. The molecule has 2 bridgehead atoms. The van der Waals surface area contributed by atoms with Crippen LogP contribution in [0.4, 0.5) is 0 Å². The van der Waals surface area contributed by atoms with Crippen LogP contribution in [-0.4, -0.2) is 45.2 Å². The van der Waals surface area contributed by atoms with Crippen molar-refractivity contribution in [3.05, 3.63) is 11.1 Å². The molecule has 4 nitrogen and oxygen atoms in total. The van der Waals surface area contributed by atoms with E-state index >= 15 is 0 Å². The van der Waals surface area contributed by atoms with Gasteiger partial charge in [-0.3, -0.25) is 9.98 Å². The monoisotopic (exact) mass is 322 g/mol. The predicted molar refractivity (Wildman–Crippen MR) is 93.0 cm³/mol. The topological polar surface area (TPSA) is 40.0 Å². The highest BCUT2D eigenvalue weighted by Gasteiger charge is 2.38. The molecule has 2 atom stereocenters. The van der Waals surface area contributed by atoms with Gasteiger partial charge < -0.3 is 10.2 Å². The lowest BCUT2D eigenvalue weighted by molar-refractivity contribution is 0.248. The molecule has 0 radical (unpaired) electrons. The Bertz CT molecular complexity index is 538. The van der Waals surface area contributed by atoms with Gasteiger partial charge in [0.25, 0.3) is 0 Å². The third-order valence-corrected chi connectivity index (χ3v) is 6.36. The molecule has 1 aliphatic carbocycles. The molecule has 0 aromatic heterocycles. The largest absolute Gasteiger partial charge is 0.358 e. The van der Waals surface area contributed by atoms with E-state index in [2.05, 4.69) is 34.5 Å². The lowest BCUT2D eigenvalue weighted by Crippen LogP contribution is -2.45. The first-order valence-electron chi connectivity index (χ1n) is 7.79. The summed E-state index contributed by atoms with van der Waals surface area (Å²) in [4.78, 5) is 12.0. The maximum absolute atomic E-state index is 4.92. The van der Waals surface area contributed by atoms with Crippen LogP contribution < -0.4 is 5.32 Å². The molecule has 114 valence electrons. The molecular formula is C15H22N4S2. The van der Waals surface area contributed by atoms with Gasteiger partial charge in [0.2, 0.25) is 0 Å². The van der Waals surface area contributed by atoms with E-state index in [0.717, 1.165) is 17.5 Å². The third kappa shape index (κ3) is 2.72. The third-order valence-electron chi connectivity index (χ3n) is 4.51. The van der Waals surface area contributed by atoms with Crippen molar-refractivity contribution < 1.29 is 0 Å². The molecule has 0 aromatic rings. The highest BCUT2D eigenvalue weighted by Crippen LogP contribution is 2.40. The smallest absolute Gasteiger partial charge is 0.168 e. The van der Waals surface area contributed by atoms with E-state index in [4.69, 9.17) is 4.99 Å². The number of nitrogens with zero attached hydrogens (tertiary/aromatic N) is 3. The second kappa shape index (κ2) is 5.23. The van der Waals surface area contributed by atoms with E-state index in [9.17, 15) is 0 Å². The normalized spacial score (nSPS) is 33.0. The van der Waals surface area contributed by atoms with Crippen LogP contribution in [0.25, 0.3) is 0 Å². The van der Waals surface area contributed by atoms with Gasteiger partial charge in [0.15, 0.2) is 10.3 Å². The lowest BCUT2D eigenvalue weighted by Gasteiger charge is -2.40. The van der Waals surface area contributed by atoms with Crippen LogP contribution in [0.3, 0.4) is 0 Å². The number of hydrogen-bond donors (Lipinski definition) is 1. The van der Waals surface area contributed by atoms with Gasteiger partial charge in [-0.05, 0) is 44.9 Å². The maximum atomic E-state index is 4.92. The standard InChI is InChI=1S/C15H22N4S2/c1-15(2)9-16-13(18-15)20-7-12-8-21-14-17-10-4-3-5-11(6-10)19(12)14/h8,10-11H,3-7,9H2,1-2H3,(H,16,18)/t10-,11+/m0/s1. The molecule has 4 rings (SSSR count). The second-order valence-electron chi connectivity index (χ2n) is 6.90. The summed E-state index contributed by atoms with van der Waals surface area (Å²) in [5.74, 6) is 0.995. The summed E-state index contributed by atoms with van der Waals surface area (Å²) in [7, 11) is 0. The molecule has 6 heteroatoms. The summed E-state index contributed by atoms with van der Waals surface area (Å²) >= 11 is 3.64. The Morgan fingerprint density at radius 2 is 2.38 bits per heavy atom. The summed E-state index contributed by atoms with van der Waals surface area (Å²) in [6.45, 7) is 5.28. The summed E-state index contributed by atoms with van der Waals surface area (Å²) in [5, 5.41) is 8.13. The predicted octanol–water partition coefficient (Wildman–Crippen LogP) is 3.03. The molecular weight excluding hydrogens is 300 g/mol. The van der Waals surface area contributed by atoms with Crippen LogP contribution in [-0.2, 0) is 0 Å². The van der Waals surface area contributed by atoms with Gasteiger partial charge in [-0.25, -0.2) is 0 Å². The van der Waals surface area contributed by atoms with Crippen LogP contribution >= 0.6 is 23.5 Å². The molecule has 3 aliphatic heterocycles. The SMILES string of the molecule is CC1(C)CN=C(SCC2=CSC3=N[C@H]4CCC[C@H](C4)N23)N1. The summed E-state index contributed by atoms with van der Waals surface area (Å²) < 4.78 is 0. The average Bonchev–Trinajstić information content (AvgIpc) is 3.00. The lowest BCUT2D eigenvalue weighted by atomic mass is 9.89. The van der Waals surface area contributed by atoms with Gasteiger partial charge in [-0.15, -0.1) is 0 Å². The zero-order chi connectivity index (χ0) is 14.4. The van der Waals surface area contributed by atoms with E-state index < -0.39 is 0 Å². The van der Waals surface area contributed by atoms with Gasteiger partial charge in [0, 0.05) is 17.5 Å². The van der Waals surface area contributed by atoms with Gasteiger partial charge in [-0.2, -0.15) is 0 Å². The van der Waals surface area contributed by atoms with Crippen LogP contribution in [0.15, 0.2) is 21.1 Å². The number of fused-ring (bicyclic) bond motifs is 4. The van der Waals surface area contributed by atoms with Crippen LogP contribution in [0, 0.1) is 0 Å².